The van der Waals surface area contributed by atoms with E-state index in [9.17, 15) is 18.0 Å². The maximum absolute atomic E-state index is 13.3. The van der Waals surface area contributed by atoms with E-state index >= 15 is 0 Å². The van der Waals surface area contributed by atoms with Crippen LogP contribution >= 0.6 is 0 Å². The minimum absolute atomic E-state index is 0.0158. The number of rotatable bonds is 3. The number of anilines is 1. The molecule has 1 aliphatic carbocycles. The second kappa shape index (κ2) is 7.13. The van der Waals surface area contributed by atoms with E-state index in [0.29, 0.717) is 11.3 Å². The summed E-state index contributed by atoms with van der Waals surface area (Å²) >= 11 is 0. The summed E-state index contributed by atoms with van der Waals surface area (Å²) in [5.41, 5.74) is 0.757. The summed E-state index contributed by atoms with van der Waals surface area (Å²) in [4.78, 5) is 13.6. The summed E-state index contributed by atoms with van der Waals surface area (Å²) in [7, 11) is 3.92. The Labute approximate surface area is 141 Å². The number of carbonyl (C=O) groups is 1. The van der Waals surface area contributed by atoms with Crippen molar-refractivity contribution in [1.82, 2.24) is 4.90 Å². The second-order valence-electron chi connectivity index (χ2n) is 6.80. The van der Waals surface area contributed by atoms with Crippen molar-refractivity contribution in [2.75, 3.05) is 19.4 Å². The van der Waals surface area contributed by atoms with Crippen LogP contribution in [0.4, 0.5) is 18.9 Å². The van der Waals surface area contributed by atoms with E-state index in [2.05, 4.69) is 10.2 Å². The van der Waals surface area contributed by atoms with Gasteiger partial charge in [0, 0.05) is 24.6 Å². The summed E-state index contributed by atoms with van der Waals surface area (Å²) in [5.74, 6) is -0.287. The first-order chi connectivity index (χ1) is 11.1. The van der Waals surface area contributed by atoms with Crippen molar-refractivity contribution in [2.45, 2.75) is 57.7 Å². The van der Waals surface area contributed by atoms with Crippen LogP contribution in [0.2, 0.25) is 0 Å². The molecule has 1 aromatic carbocycles. The third-order valence-corrected chi connectivity index (χ3v) is 4.89. The van der Waals surface area contributed by atoms with Crippen LogP contribution in [0.5, 0.6) is 0 Å². The lowest BCUT2D eigenvalue weighted by atomic mass is 9.76. The largest absolute Gasteiger partial charge is 0.416 e. The highest BCUT2D eigenvalue weighted by atomic mass is 19.4. The molecule has 1 fully saturated rings. The quantitative estimate of drug-likeness (QED) is 0.873. The summed E-state index contributed by atoms with van der Waals surface area (Å²) in [6.45, 7) is 2.89. The van der Waals surface area contributed by atoms with Crippen LogP contribution in [0.1, 0.15) is 55.2 Å². The van der Waals surface area contributed by atoms with E-state index in [-0.39, 0.29) is 23.4 Å². The molecule has 0 saturated heterocycles. The van der Waals surface area contributed by atoms with Crippen molar-refractivity contribution in [1.29, 1.82) is 0 Å². The highest BCUT2D eigenvalue weighted by molar-refractivity contribution is 5.90. The predicted molar refractivity (Wildman–Crippen MR) is 89.2 cm³/mol. The van der Waals surface area contributed by atoms with Gasteiger partial charge < -0.3 is 10.2 Å². The molecule has 1 N–H and O–H groups in total. The minimum atomic E-state index is -4.39. The lowest BCUT2D eigenvalue weighted by Crippen LogP contribution is -2.37. The molecule has 134 valence electrons. The zero-order valence-corrected chi connectivity index (χ0v) is 14.6. The number of likely N-dealkylation sites (N-methyl/N-ethyl adjacent to an activating group) is 1. The van der Waals surface area contributed by atoms with Crippen molar-refractivity contribution in [3.63, 3.8) is 0 Å². The van der Waals surface area contributed by atoms with Crippen LogP contribution in [0.15, 0.2) is 12.1 Å². The SMILES string of the molecule is CC(=O)Nc1ccc(C(F)(F)F)c(C)c1C1CCCCC1N(C)C. The number of benzene rings is 1. The van der Waals surface area contributed by atoms with E-state index < -0.39 is 11.7 Å². The lowest BCUT2D eigenvalue weighted by Gasteiger charge is -2.38. The molecule has 1 aliphatic rings. The molecular weight excluding hydrogens is 317 g/mol. The van der Waals surface area contributed by atoms with Gasteiger partial charge in [0.25, 0.3) is 0 Å². The predicted octanol–water partition coefficient (Wildman–Crippen LogP) is 4.56. The van der Waals surface area contributed by atoms with Gasteiger partial charge in [-0.25, -0.2) is 0 Å². The molecule has 2 rings (SSSR count). The maximum Gasteiger partial charge on any atom is 0.416 e. The topological polar surface area (TPSA) is 32.3 Å². The molecule has 0 heterocycles. The molecule has 6 heteroatoms. The smallest absolute Gasteiger partial charge is 0.326 e. The molecule has 0 aliphatic heterocycles. The number of amides is 1. The van der Waals surface area contributed by atoms with E-state index in [0.717, 1.165) is 31.7 Å². The number of hydrogen-bond donors (Lipinski definition) is 1. The van der Waals surface area contributed by atoms with Crippen LogP contribution < -0.4 is 5.32 Å². The fourth-order valence-corrected chi connectivity index (χ4v) is 3.88. The fourth-order valence-electron chi connectivity index (χ4n) is 3.88. The molecule has 2 atom stereocenters. The van der Waals surface area contributed by atoms with E-state index in [4.69, 9.17) is 0 Å². The van der Waals surface area contributed by atoms with Gasteiger partial charge >= 0.3 is 6.18 Å². The van der Waals surface area contributed by atoms with Gasteiger partial charge in [-0.05, 0) is 57.1 Å². The average Bonchev–Trinajstić information content (AvgIpc) is 2.45. The van der Waals surface area contributed by atoms with Crippen molar-refractivity contribution >= 4 is 11.6 Å². The van der Waals surface area contributed by atoms with E-state index in [1.807, 2.05) is 14.1 Å². The molecule has 0 aromatic heterocycles. The molecule has 0 spiro atoms. The Hall–Kier alpha value is -1.56. The molecule has 24 heavy (non-hydrogen) atoms. The molecule has 1 saturated carbocycles. The Morgan fingerprint density at radius 1 is 1.21 bits per heavy atom. The molecule has 3 nitrogen and oxygen atoms in total. The number of halogens is 3. The third-order valence-electron chi connectivity index (χ3n) is 4.89. The van der Waals surface area contributed by atoms with E-state index in [1.54, 1.807) is 0 Å². The lowest BCUT2D eigenvalue weighted by molar-refractivity contribution is -0.138. The Morgan fingerprint density at radius 2 is 1.83 bits per heavy atom. The fraction of sp³-hybridized carbons (Fsp3) is 0.611. The molecule has 0 radical (unpaired) electrons. The van der Waals surface area contributed by atoms with Gasteiger partial charge in [-0.1, -0.05) is 12.8 Å². The third kappa shape index (κ3) is 3.91. The Balaban J connectivity index is 2.60. The normalized spacial score (nSPS) is 21.8. The Morgan fingerprint density at radius 3 is 2.38 bits per heavy atom. The van der Waals surface area contributed by atoms with Crippen LogP contribution in [-0.4, -0.2) is 30.9 Å². The summed E-state index contributed by atoms with van der Waals surface area (Å²) in [5, 5.41) is 2.72. The summed E-state index contributed by atoms with van der Waals surface area (Å²) < 4.78 is 40.0. The monoisotopic (exact) mass is 342 g/mol. The molecular formula is C18H25F3N2O. The first kappa shape index (κ1) is 18.8. The van der Waals surface area contributed by atoms with Crippen LogP contribution in [-0.2, 0) is 11.0 Å². The van der Waals surface area contributed by atoms with Gasteiger partial charge in [0.15, 0.2) is 0 Å². The van der Waals surface area contributed by atoms with Crippen molar-refractivity contribution in [3.05, 3.63) is 28.8 Å². The van der Waals surface area contributed by atoms with E-state index in [1.165, 1.54) is 19.9 Å². The number of nitrogens with zero attached hydrogens (tertiary/aromatic N) is 1. The van der Waals surface area contributed by atoms with Gasteiger partial charge in [0.05, 0.1) is 5.56 Å². The highest BCUT2D eigenvalue weighted by Crippen LogP contribution is 2.44. The van der Waals surface area contributed by atoms with Crippen molar-refractivity contribution in [2.24, 2.45) is 0 Å². The highest BCUT2D eigenvalue weighted by Gasteiger charge is 2.37. The molecule has 1 amide bonds. The zero-order valence-electron chi connectivity index (χ0n) is 14.6. The van der Waals surface area contributed by atoms with Gasteiger partial charge in [-0.15, -0.1) is 0 Å². The van der Waals surface area contributed by atoms with Crippen molar-refractivity contribution in [3.8, 4) is 0 Å². The summed E-state index contributed by atoms with van der Waals surface area (Å²) in [6.07, 6.45) is -0.544. The second-order valence-corrected chi connectivity index (χ2v) is 6.80. The van der Waals surface area contributed by atoms with Crippen LogP contribution in [0.25, 0.3) is 0 Å². The number of nitrogens with one attached hydrogen (secondary N) is 1. The molecule has 2 unspecified atom stereocenters. The van der Waals surface area contributed by atoms with Crippen LogP contribution in [0.3, 0.4) is 0 Å². The summed E-state index contributed by atoms with van der Waals surface area (Å²) in [6, 6.07) is 2.64. The number of carbonyl (C=O) groups excluding carboxylic acids is 1. The zero-order chi connectivity index (χ0) is 18.1. The standard InChI is InChI=1S/C18H25F3N2O/c1-11-14(18(19,20)21)9-10-15(22-12(2)24)17(11)13-7-5-6-8-16(13)23(3)4/h9-10,13,16H,5-8H2,1-4H3,(H,22,24). The van der Waals surface area contributed by atoms with Gasteiger partial charge in [0.1, 0.15) is 0 Å². The van der Waals surface area contributed by atoms with Crippen LogP contribution in [0, 0.1) is 6.92 Å². The Bertz CT molecular complexity index is 611. The first-order valence-electron chi connectivity index (χ1n) is 8.27. The van der Waals surface area contributed by atoms with Gasteiger partial charge in [-0.2, -0.15) is 13.2 Å². The van der Waals surface area contributed by atoms with Crippen molar-refractivity contribution < 1.29 is 18.0 Å². The first-order valence-corrected chi connectivity index (χ1v) is 8.27. The number of alkyl halides is 3. The minimum Gasteiger partial charge on any atom is -0.326 e. The molecule has 1 aromatic rings. The van der Waals surface area contributed by atoms with Gasteiger partial charge in [0.2, 0.25) is 5.91 Å². The molecule has 0 bridgehead atoms. The number of hydrogen-bond acceptors (Lipinski definition) is 2. The maximum atomic E-state index is 13.3. The van der Waals surface area contributed by atoms with Gasteiger partial charge in [-0.3, -0.25) is 4.79 Å². The average molecular weight is 342 g/mol. The Kier molecular flexibility index (Phi) is 5.58.